The van der Waals surface area contributed by atoms with E-state index in [0.717, 1.165) is 37.7 Å². The monoisotopic (exact) mass is 294 g/mol. The van der Waals surface area contributed by atoms with Crippen molar-refractivity contribution in [3.05, 3.63) is 48.2 Å². The van der Waals surface area contributed by atoms with Crippen LogP contribution in [0.25, 0.3) is 0 Å². The third kappa shape index (κ3) is 2.96. The van der Waals surface area contributed by atoms with Crippen molar-refractivity contribution in [2.75, 3.05) is 43.1 Å². The zero-order chi connectivity index (χ0) is 15.4. The topological polar surface area (TPSA) is 52.4 Å². The summed E-state index contributed by atoms with van der Waals surface area (Å²) < 4.78 is 5.28. The van der Waals surface area contributed by atoms with Gasteiger partial charge in [0.2, 0.25) is 0 Å². The number of ether oxygens (including phenoxy) is 1. The second-order valence-electron chi connectivity index (χ2n) is 5.19. The van der Waals surface area contributed by atoms with Gasteiger partial charge in [-0.15, -0.1) is 0 Å². The molecule has 0 amide bonds. The van der Waals surface area contributed by atoms with Crippen LogP contribution in [0.1, 0.15) is 5.56 Å². The molecule has 1 fully saturated rings. The zero-order valence-corrected chi connectivity index (χ0v) is 12.6. The highest BCUT2D eigenvalue weighted by Crippen LogP contribution is 2.23. The molecule has 3 rings (SSSR count). The summed E-state index contributed by atoms with van der Waals surface area (Å²) in [5.41, 5.74) is 1.78. The van der Waals surface area contributed by atoms with Crippen molar-refractivity contribution in [2.45, 2.75) is 0 Å². The molecule has 5 heteroatoms. The Morgan fingerprint density at radius 3 is 2.50 bits per heavy atom. The Balaban J connectivity index is 1.65. The third-order valence-corrected chi connectivity index (χ3v) is 3.90. The van der Waals surface area contributed by atoms with Gasteiger partial charge in [-0.3, -0.25) is 0 Å². The highest BCUT2D eigenvalue weighted by atomic mass is 16.5. The molecule has 1 saturated heterocycles. The maximum Gasteiger partial charge on any atom is 0.128 e. The molecule has 1 aromatic heterocycles. The number of hydrogen-bond acceptors (Lipinski definition) is 5. The minimum atomic E-state index is 0.596. The highest BCUT2D eigenvalue weighted by Gasteiger charge is 2.18. The smallest absolute Gasteiger partial charge is 0.128 e. The van der Waals surface area contributed by atoms with Gasteiger partial charge < -0.3 is 14.5 Å². The average molecular weight is 294 g/mol. The fourth-order valence-electron chi connectivity index (χ4n) is 2.64. The predicted molar refractivity (Wildman–Crippen MR) is 86.4 cm³/mol. The van der Waals surface area contributed by atoms with E-state index >= 15 is 0 Å². The minimum absolute atomic E-state index is 0.596. The summed E-state index contributed by atoms with van der Waals surface area (Å²) in [4.78, 5) is 8.96. The molecule has 1 aliphatic rings. The lowest BCUT2D eigenvalue weighted by Crippen LogP contribution is -2.46. The summed E-state index contributed by atoms with van der Waals surface area (Å²) in [5.74, 6) is 1.82. The lowest BCUT2D eigenvalue weighted by molar-refractivity contribution is 0.414. The first-order valence-electron chi connectivity index (χ1n) is 7.30. The molecule has 0 spiro atoms. The van der Waals surface area contributed by atoms with Gasteiger partial charge in [0.25, 0.3) is 0 Å². The minimum Gasteiger partial charge on any atom is -0.497 e. The standard InChI is InChI=1S/C17H18N4O/c1-22-16-4-2-3-15(11-16)20-7-9-21(10-8-20)17-6-5-14(12-18)13-19-17/h2-6,11,13H,7-10H2,1H3. The lowest BCUT2D eigenvalue weighted by Gasteiger charge is -2.36. The zero-order valence-electron chi connectivity index (χ0n) is 12.6. The van der Waals surface area contributed by atoms with Crippen LogP contribution in [0.2, 0.25) is 0 Å². The number of nitriles is 1. The summed E-state index contributed by atoms with van der Waals surface area (Å²) in [7, 11) is 1.69. The molecule has 5 nitrogen and oxygen atoms in total. The number of nitrogens with zero attached hydrogens (tertiary/aromatic N) is 4. The van der Waals surface area contributed by atoms with E-state index in [1.54, 1.807) is 13.3 Å². The molecule has 0 atom stereocenters. The number of benzene rings is 1. The Labute approximate surface area is 130 Å². The quantitative estimate of drug-likeness (QED) is 0.869. The third-order valence-electron chi connectivity index (χ3n) is 3.90. The maximum absolute atomic E-state index is 8.82. The number of aromatic nitrogens is 1. The van der Waals surface area contributed by atoms with E-state index in [1.165, 1.54) is 5.69 Å². The van der Waals surface area contributed by atoms with E-state index in [9.17, 15) is 0 Å². The Hall–Kier alpha value is -2.74. The van der Waals surface area contributed by atoms with Crippen LogP contribution in [-0.2, 0) is 0 Å². The molecule has 0 N–H and O–H groups in total. The van der Waals surface area contributed by atoms with Crippen molar-refractivity contribution < 1.29 is 4.74 Å². The van der Waals surface area contributed by atoms with Gasteiger partial charge in [0.1, 0.15) is 17.6 Å². The van der Waals surface area contributed by atoms with E-state index in [4.69, 9.17) is 10.00 Å². The summed E-state index contributed by atoms with van der Waals surface area (Å²) >= 11 is 0. The second kappa shape index (κ2) is 6.35. The lowest BCUT2D eigenvalue weighted by atomic mass is 10.2. The molecule has 22 heavy (non-hydrogen) atoms. The molecule has 1 aliphatic heterocycles. The molecule has 2 aromatic rings. The van der Waals surface area contributed by atoms with Gasteiger partial charge in [0.05, 0.1) is 12.7 Å². The Morgan fingerprint density at radius 2 is 1.86 bits per heavy atom. The average Bonchev–Trinajstić information content (AvgIpc) is 2.62. The van der Waals surface area contributed by atoms with E-state index in [0.29, 0.717) is 5.56 Å². The van der Waals surface area contributed by atoms with E-state index in [2.05, 4.69) is 33.0 Å². The van der Waals surface area contributed by atoms with Crippen LogP contribution in [-0.4, -0.2) is 38.3 Å². The fourth-order valence-corrected chi connectivity index (χ4v) is 2.64. The van der Waals surface area contributed by atoms with Gasteiger partial charge in [-0.1, -0.05) is 6.07 Å². The first kappa shape index (κ1) is 14.2. The molecule has 0 radical (unpaired) electrons. The molecule has 0 bridgehead atoms. The molecular formula is C17H18N4O. The van der Waals surface area contributed by atoms with Gasteiger partial charge in [-0.2, -0.15) is 5.26 Å². The van der Waals surface area contributed by atoms with Gasteiger partial charge in [0.15, 0.2) is 0 Å². The normalized spacial score (nSPS) is 14.5. The SMILES string of the molecule is COc1cccc(N2CCN(c3ccc(C#N)cn3)CC2)c1. The fraction of sp³-hybridized carbons (Fsp3) is 0.294. The number of methoxy groups -OCH3 is 1. The number of piperazine rings is 1. The van der Waals surface area contributed by atoms with Gasteiger partial charge >= 0.3 is 0 Å². The predicted octanol–water partition coefficient (Wildman–Crippen LogP) is 2.29. The van der Waals surface area contributed by atoms with Gasteiger partial charge in [-0.25, -0.2) is 4.98 Å². The van der Waals surface area contributed by atoms with Crippen LogP contribution in [0, 0.1) is 11.3 Å². The first-order valence-corrected chi connectivity index (χ1v) is 7.30. The Bertz CT molecular complexity index is 670. The molecule has 0 aliphatic carbocycles. The van der Waals surface area contributed by atoms with E-state index in [-0.39, 0.29) is 0 Å². The largest absolute Gasteiger partial charge is 0.497 e. The van der Waals surface area contributed by atoms with Crippen molar-refractivity contribution in [2.24, 2.45) is 0 Å². The van der Waals surface area contributed by atoms with Crippen LogP contribution < -0.4 is 14.5 Å². The van der Waals surface area contributed by atoms with Crippen LogP contribution >= 0.6 is 0 Å². The van der Waals surface area contributed by atoms with Gasteiger partial charge in [-0.05, 0) is 24.3 Å². The van der Waals surface area contributed by atoms with E-state index in [1.807, 2.05) is 24.3 Å². The Morgan fingerprint density at radius 1 is 1.09 bits per heavy atom. The van der Waals surface area contributed by atoms with Crippen molar-refractivity contribution in [1.82, 2.24) is 4.98 Å². The van der Waals surface area contributed by atoms with Crippen LogP contribution in [0.3, 0.4) is 0 Å². The number of pyridine rings is 1. The summed E-state index contributed by atoms with van der Waals surface area (Å²) in [5, 5.41) is 8.82. The Kier molecular flexibility index (Phi) is 4.10. The van der Waals surface area contributed by atoms with Crippen LogP contribution in [0.15, 0.2) is 42.6 Å². The summed E-state index contributed by atoms with van der Waals surface area (Å²) in [6.07, 6.45) is 1.63. The number of hydrogen-bond donors (Lipinski definition) is 0. The molecule has 0 unspecified atom stereocenters. The van der Waals surface area contributed by atoms with Crippen molar-refractivity contribution >= 4 is 11.5 Å². The van der Waals surface area contributed by atoms with Crippen molar-refractivity contribution in [3.8, 4) is 11.8 Å². The second-order valence-corrected chi connectivity index (χ2v) is 5.19. The maximum atomic E-state index is 8.82. The molecular weight excluding hydrogens is 276 g/mol. The number of rotatable bonds is 3. The first-order chi connectivity index (χ1) is 10.8. The molecule has 0 saturated carbocycles. The van der Waals surface area contributed by atoms with E-state index < -0.39 is 0 Å². The molecule has 2 heterocycles. The highest BCUT2D eigenvalue weighted by molar-refractivity contribution is 5.53. The summed E-state index contributed by atoms with van der Waals surface area (Å²) in [6, 6.07) is 14.0. The summed E-state index contributed by atoms with van der Waals surface area (Å²) in [6.45, 7) is 3.70. The molecule has 112 valence electrons. The van der Waals surface area contributed by atoms with Crippen molar-refractivity contribution in [1.29, 1.82) is 5.26 Å². The molecule has 1 aromatic carbocycles. The van der Waals surface area contributed by atoms with Crippen LogP contribution in [0.5, 0.6) is 5.75 Å². The van der Waals surface area contributed by atoms with Crippen molar-refractivity contribution in [3.63, 3.8) is 0 Å². The van der Waals surface area contributed by atoms with Gasteiger partial charge in [0, 0.05) is 44.1 Å². The van der Waals surface area contributed by atoms with Crippen LogP contribution in [0.4, 0.5) is 11.5 Å². The number of anilines is 2.